The van der Waals surface area contributed by atoms with Gasteiger partial charge >= 0.3 is 0 Å². The molecule has 0 radical (unpaired) electrons. The van der Waals surface area contributed by atoms with E-state index in [4.69, 9.17) is 5.21 Å². The Bertz CT molecular complexity index is 919. The molecule has 2 N–H and O–H groups in total. The van der Waals surface area contributed by atoms with Crippen molar-refractivity contribution < 1.29 is 14.8 Å². The molecular weight excluding hydrogens is 388 g/mol. The normalized spacial score (nSPS) is 28.4. The number of hydrogen-bond donors (Lipinski definition) is 2. The van der Waals surface area contributed by atoms with Crippen molar-refractivity contribution in [3.8, 4) is 0 Å². The summed E-state index contributed by atoms with van der Waals surface area (Å²) in [4.78, 5) is 27.2. The fourth-order valence-electron chi connectivity index (χ4n) is 6.90. The van der Waals surface area contributed by atoms with E-state index in [0.29, 0.717) is 12.1 Å². The zero-order valence-corrected chi connectivity index (χ0v) is 17.8. The maximum absolute atomic E-state index is 13.5. The van der Waals surface area contributed by atoms with Crippen LogP contribution in [0.2, 0.25) is 0 Å². The summed E-state index contributed by atoms with van der Waals surface area (Å²) < 4.78 is 0. The molecule has 5 heteroatoms. The van der Waals surface area contributed by atoms with Gasteiger partial charge in [-0.1, -0.05) is 30.3 Å². The third-order valence-electron chi connectivity index (χ3n) is 7.69. The number of amides is 2. The van der Waals surface area contributed by atoms with E-state index < -0.39 is 5.91 Å². The first-order chi connectivity index (χ1) is 15.0. The van der Waals surface area contributed by atoms with Gasteiger partial charge in [-0.05, 0) is 91.5 Å². The topological polar surface area (TPSA) is 69.6 Å². The lowest BCUT2D eigenvalue weighted by atomic mass is 9.49. The minimum atomic E-state index is -0.530. The molecule has 0 spiro atoms. The van der Waals surface area contributed by atoms with Gasteiger partial charge in [0.15, 0.2) is 0 Å². The number of rotatable bonds is 6. The molecule has 31 heavy (non-hydrogen) atoms. The maximum Gasteiger partial charge on any atom is 0.274 e. The van der Waals surface area contributed by atoms with Crippen LogP contribution < -0.4 is 5.48 Å². The molecule has 0 unspecified atom stereocenters. The SMILES string of the molecule is O=C(NO)c1ccc(CN(CC23CC4CC(CC(C4)C2)C3)C(=O)c2ccccc2)cc1. The van der Waals surface area contributed by atoms with Crippen molar-refractivity contribution >= 4 is 11.8 Å². The van der Waals surface area contributed by atoms with Crippen LogP contribution in [0.4, 0.5) is 0 Å². The third kappa shape index (κ3) is 4.11. The molecule has 0 saturated heterocycles. The highest BCUT2D eigenvalue weighted by Crippen LogP contribution is 2.60. The van der Waals surface area contributed by atoms with Gasteiger partial charge in [-0.15, -0.1) is 0 Å². The van der Waals surface area contributed by atoms with Crippen LogP contribution in [0.15, 0.2) is 54.6 Å². The van der Waals surface area contributed by atoms with Crippen molar-refractivity contribution in [2.45, 2.75) is 45.1 Å². The van der Waals surface area contributed by atoms with Gasteiger partial charge in [0.05, 0.1) is 0 Å². The van der Waals surface area contributed by atoms with E-state index in [1.54, 1.807) is 17.6 Å². The molecule has 2 amide bonds. The molecule has 0 heterocycles. The van der Waals surface area contributed by atoms with Crippen LogP contribution in [0.25, 0.3) is 0 Å². The highest BCUT2D eigenvalue weighted by atomic mass is 16.5. The van der Waals surface area contributed by atoms with E-state index in [2.05, 4.69) is 0 Å². The van der Waals surface area contributed by atoms with Crippen LogP contribution in [0.1, 0.15) is 64.8 Å². The van der Waals surface area contributed by atoms with Gasteiger partial charge in [-0.2, -0.15) is 0 Å². The minimum absolute atomic E-state index is 0.0773. The standard InChI is InChI=1S/C26H30N2O3/c29-24(27-31)22-8-6-18(7-9-22)16-28(25(30)23-4-2-1-3-5-23)17-26-13-19-10-20(14-26)12-21(11-19)15-26/h1-9,19-21,31H,10-17H2,(H,27,29). The molecule has 6 rings (SSSR count). The summed E-state index contributed by atoms with van der Waals surface area (Å²) in [5.41, 5.74) is 4.03. The number of hydroxylamine groups is 1. The number of nitrogens with zero attached hydrogens (tertiary/aromatic N) is 1. The summed E-state index contributed by atoms with van der Waals surface area (Å²) in [5.74, 6) is 2.08. The first-order valence-corrected chi connectivity index (χ1v) is 11.4. The molecular formula is C26H30N2O3. The zero-order valence-electron chi connectivity index (χ0n) is 17.8. The van der Waals surface area contributed by atoms with Gasteiger partial charge in [0, 0.05) is 24.2 Å². The van der Waals surface area contributed by atoms with Gasteiger partial charge in [0.2, 0.25) is 0 Å². The summed E-state index contributed by atoms with van der Waals surface area (Å²) >= 11 is 0. The summed E-state index contributed by atoms with van der Waals surface area (Å²) in [6.45, 7) is 1.33. The second kappa shape index (κ2) is 8.12. The second-order valence-corrected chi connectivity index (χ2v) is 10.1. The van der Waals surface area contributed by atoms with Crippen molar-refractivity contribution in [2.75, 3.05) is 6.54 Å². The summed E-state index contributed by atoms with van der Waals surface area (Å²) in [6.07, 6.45) is 7.94. The fourth-order valence-corrected chi connectivity index (χ4v) is 6.90. The quantitative estimate of drug-likeness (QED) is 0.529. The van der Waals surface area contributed by atoms with Crippen molar-refractivity contribution in [3.63, 3.8) is 0 Å². The predicted molar refractivity (Wildman–Crippen MR) is 117 cm³/mol. The number of carbonyl (C=O) groups is 2. The van der Waals surface area contributed by atoms with Gasteiger partial charge in [-0.3, -0.25) is 14.8 Å². The molecule has 0 atom stereocenters. The van der Waals surface area contributed by atoms with Crippen LogP contribution in [0.5, 0.6) is 0 Å². The van der Waals surface area contributed by atoms with Crippen molar-refractivity contribution in [1.29, 1.82) is 0 Å². The molecule has 5 nitrogen and oxygen atoms in total. The van der Waals surface area contributed by atoms with E-state index in [1.165, 1.54) is 38.5 Å². The molecule has 4 aliphatic rings. The highest BCUT2D eigenvalue weighted by molar-refractivity contribution is 5.94. The lowest BCUT2D eigenvalue weighted by Gasteiger charge is -2.57. The van der Waals surface area contributed by atoms with Crippen molar-refractivity contribution in [2.24, 2.45) is 23.2 Å². The maximum atomic E-state index is 13.5. The Morgan fingerprint density at radius 2 is 1.45 bits per heavy atom. The Morgan fingerprint density at radius 3 is 2.00 bits per heavy atom. The van der Waals surface area contributed by atoms with Gasteiger partial charge < -0.3 is 4.90 Å². The van der Waals surface area contributed by atoms with Gasteiger partial charge in [0.1, 0.15) is 0 Å². The molecule has 2 aromatic carbocycles. The van der Waals surface area contributed by atoms with E-state index in [0.717, 1.165) is 35.4 Å². The molecule has 0 aliphatic heterocycles. The first-order valence-electron chi connectivity index (χ1n) is 11.4. The smallest absolute Gasteiger partial charge is 0.274 e. The lowest BCUT2D eigenvalue weighted by Crippen LogP contribution is -2.52. The Kier molecular flexibility index (Phi) is 5.30. The average Bonchev–Trinajstić information content (AvgIpc) is 2.77. The van der Waals surface area contributed by atoms with Crippen LogP contribution >= 0.6 is 0 Å². The van der Waals surface area contributed by atoms with Crippen molar-refractivity contribution in [1.82, 2.24) is 10.4 Å². The number of hydrogen-bond acceptors (Lipinski definition) is 3. The van der Waals surface area contributed by atoms with E-state index in [-0.39, 0.29) is 11.3 Å². The first kappa shape index (κ1) is 20.3. The minimum Gasteiger partial charge on any atom is -0.334 e. The van der Waals surface area contributed by atoms with Crippen LogP contribution in [0, 0.1) is 23.2 Å². The van der Waals surface area contributed by atoms with E-state index in [1.807, 2.05) is 47.4 Å². The van der Waals surface area contributed by atoms with E-state index in [9.17, 15) is 9.59 Å². The predicted octanol–water partition coefficient (Wildman–Crippen LogP) is 4.66. The van der Waals surface area contributed by atoms with Crippen LogP contribution in [-0.2, 0) is 6.54 Å². The molecule has 2 aromatic rings. The molecule has 162 valence electrons. The summed E-state index contributed by atoms with van der Waals surface area (Å²) in [6, 6.07) is 16.7. The summed E-state index contributed by atoms with van der Waals surface area (Å²) in [5, 5.41) is 8.84. The average molecular weight is 419 g/mol. The monoisotopic (exact) mass is 418 g/mol. The Morgan fingerprint density at radius 1 is 0.871 bits per heavy atom. The van der Waals surface area contributed by atoms with Crippen LogP contribution in [0.3, 0.4) is 0 Å². The Labute approximate surface area is 183 Å². The highest BCUT2D eigenvalue weighted by Gasteiger charge is 2.51. The third-order valence-corrected chi connectivity index (χ3v) is 7.69. The molecule has 4 fully saturated rings. The molecule has 4 aliphatic carbocycles. The summed E-state index contributed by atoms with van der Waals surface area (Å²) in [7, 11) is 0. The largest absolute Gasteiger partial charge is 0.334 e. The van der Waals surface area contributed by atoms with Crippen molar-refractivity contribution in [3.05, 3.63) is 71.3 Å². The van der Waals surface area contributed by atoms with E-state index >= 15 is 0 Å². The number of carbonyl (C=O) groups excluding carboxylic acids is 2. The number of benzene rings is 2. The van der Waals surface area contributed by atoms with Gasteiger partial charge in [-0.25, -0.2) is 5.48 Å². The second-order valence-electron chi connectivity index (χ2n) is 10.1. The molecule has 4 saturated carbocycles. The molecule has 4 bridgehead atoms. The lowest BCUT2D eigenvalue weighted by molar-refractivity contribution is -0.0661. The van der Waals surface area contributed by atoms with Crippen LogP contribution in [-0.4, -0.2) is 28.5 Å². The molecule has 0 aromatic heterocycles. The Balaban J connectivity index is 1.40. The zero-order chi connectivity index (χ0) is 21.4. The number of nitrogens with one attached hydrogen (secondary N) is 1. The van der Waals surface area contributed by atoms with Gasteiger partial charge in [0.25, 0.3) is 11.8 Å². The fraction of sp³-hybridized carbons (Fsp3) is 0.462. The Hall–Kier alpha value is -2.66.